The van der Waals surface area contributed by atoms with E-state index >= 15 is 0 Å². The molecular weight excluding hydrogens is 552 g/mol. The molecule has 1 aliphatic rings. The summed E-state index contributed by atoms with van der Waals surface area (Å²) in [4.78, 5) is 52.3. The second-order valence-corrected chi connectivity index (χ2v) is 11.0. The van der Waals surface area contributed by atoms with E-state index in [0.717, 1.165) is 22.3 Å². The van der Waals surface area contributed by atoms with Crippen LogP contribution in [0.2, 0.25) is 0 Å². The van der Waals surface area contributed by atoms with Crippen LogP contribution in [-0.4, -0.2) is 23.6 Å². The number of carbonyl (C=O) groups is 4. The zero-order chi connectivity index (χ0) is 30.7. The van der Waals surface area contributed by atoms with Gasteiger partial charge in [0.05, 0.1) is 11.8 Å². The van der Waals surface area contributed by atoms with Gasteiger partial charge in [-0.1, -0.05) is 121 Å². The Morgan fingerprint density at radius 2 is 0.659 bits per heavy atom. The zero-order valence-corrected chi connectivity index (χ0v) is 24.3. The molecule has 4 amide bonds. The lowest BCUT2D eigenvalue weighted by molar-refractivity contribution is -0.135. The average Bonchev–Trinajstić information content (AvgIpc) is 3.08. The molecule has 0 atom stereocenters. The Balaban J connectivity index is 1.11. The molecule has 8 nitrogen and oxygen atoms in total. The van der Waals surface area contributed by atoms with Gasteiger partial charge in [0.2, 0.25) is 23.6 Å². The van der Waals surface area contributed by atoms with Crippen molar-refractivity contribution in [3.05, 3.63) is 144 Å². The summed E-state index contributed by atoms with van der Waals surface area (Å²) < 4.78 is 0. The van der Waals surface area contributed by atoms with Crippen molar-refractivity contribution >= 4 is 23.6 Å². The molecule has 0 radical (unpaired) electrons. The Bertz CT molecular complexity index is 1340. The van der Waals surface area contributed by atoms with Gasteiger partial charge >= 0.3 is 0 Å². The molecule has 1 aliphatic carbocycles. The molecule has 4 N–H and O–H groups in total. The molecule has 0 saturated heterocycles. The highest BCUT2D eigenvalue weighted by Crippen LogP contribution is 2.30. The van der Waals surface area contributed by atoms with Gasteiger partial charge in [-0.3, -0.25) is 40.9 Å². The highest BCUT2D eigenvalue weighted by Gasteiger charge is 2.32. The predicted molar refractivity (Wildman–Crippen MR) is 167 cm³/mol. The standard InChI is InChI=1S/C36H36N4O4/c41-33(37-39-35(43)31(25-13-5-1-6-14-25)26-15-7-2-8-16-26)29-21-23-30(24-22-29)34(42)38-40-36(44)32(27-17-9-3-10-18-27)28-19-11-4-12-20-28/h1-20,29-32H,21-24H2,(H,37,41)(H,38,42)(H,39,43)(H,40,44). The molecule has 8 heteroatoms. The molecule has 5 rings (SSSR count). The maximum atomic E-state index is 13.2. The minimum absolute atomic E-state index is 0.279. The summed E-state index contributed by atoms with van der Waals surface area (Å²) in [6.07, 6.45) is 1.97. The van der Waals surface area contributed by atoms with Crippen LogP contribution in [0, 0.1) is 11.8 Å². The van der Waals surface area contributed by atoms with E-state index in [4.69, 9.17) is 0 Å². The van der Waals surface area contributed by atoms with Crippen molar-refractivity contribution in [1.82, 2.24) is 21.7 Å². The van der Waals surface area contributed by atoms with Gasteiger partial charge in [-0.2, -0.15) is 0 Å². The fourth-order valence-electron chi connectivity index (χ4n) is 5.79. The van der Waals surface area contributed by atoms with Crippen molar-refractivity contribution in [3.8, 4) is 0 Å². The summed E-state index contributed by atoms with van der Waals surface area (Å²) in [5.41, 5.74) is 13.7. The summed E-state index contributed by atoms with van der Waals surface area (Å²) in [5, 5.41) is 0. The van der Waals surface area contributed by atoms with Gasteiger partial charge in [-0.25, -0.2) is 0 Å². The minimum atomic E-state index is -0.573. The highest BCUT2D eigenvalue weighted by molar-refractivity contribution is 5.91. The van der Waals surface area contributed by atoms with Crippen LogP contribution in [0.4, 0.5) is 0 Å². The van der Waals surface area contributed by atoms with Crippen molar-refractivity contribution in [3.63, 3.8) is 0 Å². The molecule has 1 fully saturated rings. The summed E-state index contributed by atoms with van der Waals surface area (Å²) >= 11 is 0. The first-order valence-electron chi connectivity index (χ1n) is 14.9. The number of nitrogens with one attached hydrogen (secondary N) is 4. The molecule has 224 valence electrons. The predicted octanol–water partition coefficient (Wildman–Crippen LogP) is 4.75. The lowest BCUT2D eigenvalue weighted by Gasteiger charge is -2.27. The fourth-order valence-corrected chi connectivity index (χ4v) is 5.79. The number of hydrogen-bond donors (Lipinski definition) is 4. The summed E-state index contributed by atoms with van der Waals surface area (Å²) in [5.74, 6) is -3.03. The number of benzene rings is 4. The van der Waals surface area contributed by atoms with Gasteiger partial charge in [0.1, 0.15) is 0 Å². The van der Waals surface area contributed by atoms with Crippen LogP contribution in [-0.2, 0) is 19.2 Å². The first-order valence-corrected chi connectivity index (χ1v) is 14.9. The Kier molecular flexibility index (Phi) is 10.2. The molecule has 0 bridgehead atoms. The Labute approximate surface area is 257 Å². The van der Waals surface area contributed by atoms with Crippen LogP contribution >= 0.6 is 0 Å². The molecule has 0 unspecified atom stereocenters. The second kappa shape index (κ2) is 14.8. The Hall–Kier alpha value is -5.24. The van der Waals surface area contributed by atoms with Crippen LogP contribution in [0.25, 0.3) is 0 Å². The third-order valence-corrected chi connectivity index (χ3v) is 8.14. The van der Waals surface area contributed by atoms with Crippen LogP contribution in [0.5, 0.6) is 0 Å². The SMILES string of the molecule is O=C(NNC(=O)C(c1ccccc1)c1ccccc1)C1CCC(C(=O)NNC(=O)C(c2ccccc2)c2ccccc2)CC1. The second-order valence-electron chi connectivity index (χ2n) is 11.0. The van der Waals surface area contributed by atoms with Crippen molar-refractivity contribution in [1.29, 1.82) is 0 Å². The van der Waals surface area contributed by atoms with E-state index in [9.17, 15) is 19.2 Å². The van der Waals surface area contributed by atoms with Crippen molar-refractivity contribution in [2.75, 3.05) is 0 Å². The molecule has 44 heavy (non-hydrogen) atoms. The largest absolute Gasteiger partial charge is 0.273 e. The van der Waals surface area contributed by atoms with Crippen LogP contribution in [0.15, 0.2) is 121 Å². The van der Waals surface area contributed by atoms with Gasteiger partial charge in [0.25, 0.3) is 0 Å². The first kappa shape index (κ1) is 30.2. The Morgan fingerprint density at radius 1 is 0.409 bits per heavy atom. The zero-order valence-electron chi connectivity index (χ0n) is 24.3. The molecular formula is C36H36N4O4. The summed E-state index contributed by atoms with van der Waals surface area (Å²) in [6, 6.07) is 37.7. The van der Waals surface area contributed by atoms with Crippen LogP contribution in [0.3, 0.4) is 0 Å². The van der Waals surface area contributed by atoms with Gasteiger partial charge in [-0.05, 0) is 47.9 Å². The van der Waals surface area contributed by atoms with E-state index in [0.29, 0.717) is 25.7 Å². The van der Waals surface area contributed by atoms with Gasteiger partial charge in [0.15, 0.2) is 0 Å². The average molecular weight is 589 g/mol. The number of hydrazine groups is 2. The van der Waals surface area contributed by atoms with Crippen LogP contribution in [0.1, 0.15) is 59.8 Å². The molecule has 0 spiro atoms. The summed E-state index contributed by atoms with van der Waals surface area (Å²) in [7, 11) is 0. The normalized spacial score (nSPS) is 16.1. The van der Waals surface area contributed by atoms with E-state index in [1.54, 1.807) is 0 Å². The lowest BCUT2D eigenvalue weighted by atomic mass is 9.81. The summed E-state index contributed by atoms with van der Waals surface area (Å²) in [6.45, 7) is 0. The lowest BCUT2D eigenvalue weighted by Crippen LogP contribution is -2.49. The number of rotatable bonds is 8. The molecule has 0 heterocycles. The smallest absolute Gasteiger partial charge is 0.250 e. The Morgan fingerprint density at radius 3 is 0.909 bits per heavy atom. The van der Waals surface area contributed by atoms with E-state index in [-0.39, 0.29) is 35.5 Å². The maximum absolute atomic E-state index is 13.2. The van der Waals surface area contributed by atoms with Crippen molar-refractivity contribution < 1.29 is 19.2 Å². The molecule has 4 aromatic rings. The van der Waals surface area contributed by atoms with E-state index < -0.39 is 11.8 Å². The third-order valence-electron chi connectivity index (χ3n) is 8.14. The number of hydrogen-bond acceptors (Lipinski definition) is 4. The van der Waals surface area contributed by atoms with Gasteiger partial charge in [0, 0.05) is 11.8 Å². The molecule has 1 saturated carbocycles. The maximum Gasteiger partial charge on any atom is 0.250 e. The van der Waals surface area contributed by atoms with E-state index in [2.05, 4.69) is 21.7 Å². The molecule has 0 aliphatic heterocycles. The van der Waals surface area contributed by atoms with E-state index in [1.165, 1.54) is 0 Å². The first-order chi connectivity index (χ1) is 21.5. The topological polar surface area (TPSA) is 116 Å². The highest BCUT2D eigenvalue weighted by atomic mass is 16.2. The third kappa shape index (κ3) is 7.58. The molecule has 0 aromatic heterocycles. The quantitative estimate of drug-likeness (QED) is 0.222. The van der Waals surface area contributed by atoms with Crippen LogP contribution < -0.4 is 21.7 Å². The molecule has 4 aromatic carbocycles. The van der Waals surface area contributed by atoms with Crippen molar-refractivity contribution in [2.24, 2.45) is 11.8 Å². The monoisotopic (exact) mass is 588 g/mol. The fraction of sp³-hybridized carbons (Fsp3) is 0.222. The van der Waals surface area contributed by atoms with E-state index in [1.807, 2.05) is 121 Å². The van der Waals surface area contributed by atoms with Crippen molar-refractivity contribution in [2.45, 2.75) is 37.5 Å². The van der Waals surface area contributed by atoms with Gasteiger partial charge < -0.3 is 0 Å². The minimum Gasteiger partial charge on any atom is -0.273 e. The number of amides is 4. The number of carbonyl (C=O) groups excluding carboxylic acids is 4. The van der Waals surface area contributed by atoms with Gasteiger partial charge in [-0.15, -0.1) is 0 Å².